The summed E-state index contributed by atoms with van der Waals surface area (Å²) in [5.74, 6) is -0.0293. The summed E-state index contributed by atoms with van der Waals surface area (Å²) in [6.07, 6.45) is 41.8. The zero-order valence-electron chi connectivity index (χ0n) is 29.5. The molecule has 0 bridgehead atoms. The largest absolute Gasteiger partial charge is 0.394 e. The molecule has 0 aromatic rings. The fraction of sp³-hybridized carbons (Fsp3) is 0.974. The third kappa shape index (κ3) is 32.6. The summed E-state index contributed by atoms with van der Waals surface area (Å²) in [7, 11) is 0. The van der Waals surface area contributed by atoms with Crippen molar-refractivity contribution in [3.8, 4) is 0 Å². The molecule has 0 spiro atoms. The molecule has 0 saturated heterocycles. The fourth-order valence-electron chi connectivity index (χ4n) is 6.30. The van der Waals surface area contributed by atoms with Gasteiger partial charge in [-0.2, -0.15) is 0 Å². The van der Waals surface area contributed by atoms with E-state index in [9.17, 15) is 15.0 Å². The van der Waals surface area contributed by atoms with Crippen LogP contribution in [0.2, 0.25) is 0 Å². The molecule has 2 atom stereocenters. The number of hydrogen-bond acceptors (Lipinski definition) is 3. The standard InChI is InChI=1S/C39H79NO3/c1-3-5-7-9-11-13-14-15-16-17-18-19-20-21-22-23-24-25-27-29-31-33-35-39(43)40-37(36-41)38(42)34-32-30-28-26-12-10-8-6-4-2/h37-38,41-42H,3-36H2,1-2H3,(H,40,43)/t37-,38+/m0/s1. The fourth-order valence-corrected chi connectivity index (χ4v) is 6.30. The van der Waals surface area contributed by atoms with E-state index in [1.165, 1.54) is 173 Å². The SMILES string of the molecule is CCCCCCCCCCCCCCCCCCCCCCCCC(=O)N[C@@H](CO)[C@H](O)CCCCCCCCCCC. The van der Waals surface area contributed by atoms with Crippen LogP contribution in [0.15, 0.2) is 0 Å². The number of carbonyl (C=O) groups is 1. The van der Waals surface area contributed by atoms with Crippen LogP contribution in [0.3, 0.4) is 0 Å². The number of carbonyl (C=O) groups excluding carboxylic acids is 1. The van der Waals surface area contributed by atoms with Crippen molar-refractivity contribution in [1.29, 1.82) is 0 Å². The smallest absolute Gasteiger partial charge is 0.220 e. The number of aliphatic hydroxyl groups is 2. The maximum absolute atomic E-state index is 12.3. The average Bonchev–Trinajstić information content (AvgIpc) is 3.01. The molecule has 0 rings (SSSR count). The summed E-state index contributed by atoms with van der Waals surface area (Å²) < 4.78 is 0. The first-order chi connectivity index (χ1) is 21.2. The Balaban J connectivity index is 3.42. The Bertz CT molecular complexity index is 541. The van der Waals surface area contributed by atoms with Crippen LogP contribution in [0.25, 0.3) is 0 Å². The number of hydrogen-bond donors (Lipinski definition) is 3. The van der Waals surface area contributed by atoms with Gasteiger partial charge in [0.15, 0.2) is 0 Å². The van der Waals surface area contributed by atoms with Gasteiger partial charge in [-0.3, -0.25) is 4.79 Å². The van der Waals surface area contributed by atoms with Gasteiger partial charge in [0.2, 0.25) is 5.91 Å². The van der Waals surface area contributed by atoms with Crippen LogP contribution in [0.1, 0.15) is 226 Å². The van der Waals surface area contributed by atoms with Crippen LogP contribution in [0, 0.1) is 0 Å². The van der Waals surface area contributed by atoms with Gasteiger partial charge >= 0.3 is 0 Å². The molecule has 4 nitrogen and oxygen atoms in total. The van der Waals surface area contributed by atoms with Crippen LogP contribution in [-0.2, 0) is 4.79 Å². The van der Waals surface area contributed by atoms with Crippen molar-refractivity contribution in [2.24, 2.45) is 0 Å². The van der Waals surface area contributed by atoms with E-state index in [1.807, 2.05) is 0 Å². The molecule has 0 radical (unpaired) electrons. The van der Waals surface area contributed by atoms with E-state index in [1.54, 1.807) is 0 Å². The number of aliphatic hydroxyl groups excluding tert-OH is 2. The highest BCUT2D eigenvalue weighted by molar-refractivity contribution is 5.76. The molecule has 1 amide bonds. The summed E-state index contributed by atoms with van der Waals surface area (Å²) in [6.45, 7) is 4.35. The highest BCUT2D eigenvalue weighted by Gasteiger charge is 2.19. The molecule has 0 aliphatic heterocycles. The topological polar surface area (TPSA) is 69.6 Å². The number of rotatable bonds is 36. The molecule has 0 heterocycles. The Labute approximate surface area is 270 Å². The van der Waals surface area contributed by atoms with Gasteiger partial charge in [-0.1, -0.05) is 206 Å². The van der Waals surface area contributed by atoms with Crippen molar-refractivity contribution < 1.29 is 15.0 Å². The minimum absolute atomic E-state index is 0.0293. The van der Waals surface area contributed by atoms with Gasteiger partial charge in [-0.25, -0.2) is 0 Å². The predicted molar refractivity (Wildman–Crippen MR) is 189 cm³/mol. The van der Waals surface area contributed by atoms with Gasteiger partial charge in [0.05, 0.1) is 18.8 Å². The Morgan fingerprint density at radius 2 is 0.744 bits per heavy atom. The van der Waals surface area contributed by atoms with Gasteiger partial charge < -0.3 is 15.5 Å². The Hall–Kier alpha value is -0.610. The van der Waals surface area contributed by atoms with Crippen LogP contribution >= 0.6 is 0 Å². The molecule has 0 aliphatic rings. The predicted octanol–water partition coefficient (Wildman–Crippen LogP) is 11.7. The van der Waals surface area contributed by atoms with Crippen molar-refractivity contribution in [1.82, 2.24) is 5.32 Å². The second kappa shape index (κ2) is 35.9. The van der Waals surface area contributed by atoms with E-state index in [0.717, 1.165) is 25.7 Å². The van der Waals surface area contributed by atoms with E-state index < -0.39 is 12.1 Å². The lowest BCUT2D eigenvalue weighted by molar-refractivity contribution is -0.123. The third-order valence-corrected chi connectivity index (χ3v) is 9.37. The summed E-state index contributed by atoms with van der Waals surface area (Å²) in [4.78, 5) is 12.3. The van der Waals surface area contributed by atoms with E-state index in [4.69, 9.17) is 0 Å². The van der Waals surface area contributed by atoms with Crippen molar-refractivity contribution >= 4 is 5.91 Å². The lowest BCUT2D eigenvalue weighted by atomic mass is 10.0. The zero-order valence-corrected chi connectivity index (χ0v) is 29.5. The molecule has 0 aromatic carbocycles. The Kier molecular flexibility index (Phi) is 35.4. The van der Waals surface area contributed by atoms with E-state index in [-0.39, 0.29) is 12.5 Å². The first-order valence-electron chi connectivity index (χ1n) is 19.7. The molecule has 258 valence electrons. The number of nitrogens with one attached hydrogen (secondary N) is 1. The minimum atomic E-state index is -0.650. The van der Waals surface area contributed by atoms with Gasteiger partial charge in [-0.05, 0) is 12.8 Å². The molecule has 43 heavy (non-hydrogen) atoms. The van der Waals surface area contributed by atoms with Gasteiger partial charge in [0, 0.05) is 6.42 Å². The van der Waals surface area contributed by atoms with Crippen molar-refractivity contribution in [3.05, 3.63) is 0 Å². The lowest BCUT2D eigenvalue weighted by Crippen LogP contribution is -2.45. The summed E-state index contributed by atoms with van der Waals surface area (Å²) in [6, 6.07) is -0.527. The first-order valence-corrected chi connectivity index (χ1v) is 19.7. The highest BCUT2D eigenvalue weighted by atomic mass is 16.3. The second-order valence-corrected chi connectivity index (χ2v) is 13.7. The van der Waals surface area contributed by atoms with Crippen LogP contribution < -0.4 is 5.32 Å². The molecule has 0 aromatic heterocycles. The summed E-state index contributed by atoms with van der Waals surface area (Å²) in [5.41, 5.74) is 0. The van der Waals surface area contributed by atoms with Crippen LogP contribution in [0.4, 0.5) is 0 Å². The Morgan fingerprint density at radius 3 is 1.05 bits per heavy atom. The highest BCUT2D eigenvalue weighted by Crippen LogP contribution is 2.16. The average molecular weight is 610 g/mol. The first kappa shape index (κ1) is 42.4. The summed E-state index contributed by atoms with van der Waals surface area (Å²) >= 11 is 0. The third-order valence-electron chi connectivity index (χ3n) is 9.37. The monoisotopic (exact) mass is 610 g/mol. The zero-order chi connectivity index (χ0) is 31.5. The normalized spacial score (nSPS) is 12.9. The van der Waals surface area contributed by atoms with Gasteiger partial charge in [0.1, 0.15) is 0 Å². The van der Waals surface area contributed by atoms with Crippen LogP contribution in [-0.4, -0.2) is 34.9 Å². The van der Waals surface area contributed by atoms with Crippen molar-refractivity contribution in [2.75, 3.05) is 6.61 Å². The molecule has 4 heteroatoms. The molecule has 0 unspecified atom stereocenters. The minimum Gasteiger partial charge on any atom is -0.394 e. The second-order valence-electron chi connectivity index (χ2n) is 13.7. The number of unbranched alkanes of at least 4 members (excludes halogenated alkanes) is 29. The maximum atomic E-state index is 12.3. The van der Waals surface area contributed by atoms with E-state index in [0.29, 0.717) is 12.8 Å². The Morgan fingerprint density at radius 1 is 0.465 bits per heavy atom. The molecular weight excluding hydrogens is 530 g/mol. The number of amides is 1. The summed E-state index contributed by atoms with van der Waals surface area (Å²) in [5, 5.41) is 23.0. The molecule has 0 saturated carbocycles. The van der Waals surface area contributed by atoms with Crippen molar-refractivity contribution in [3.63, 3.8) is 0 Å². The lowest BCUT2D eigenvalue weighted by Gasteiger charge is -2.22. The molecule has 3 N–H and O–H groups in total. The van der Waals surface area contributed by atoms with E-state index >= 15 is 0 Å². The van der Waals surface area contributed by atoms with Gasteiger partial charge in [-0.15, -0.1) is 0 Å². The van der Waals surface area contributed by atoms with Gasteiger partial charge in [0.25, 0.3) is 0 Å². The molecule has 0 fully saturated rings. The van der Waals surface area contributed by atoms with Crippen LogP contribution in [0.5, 0.6) is 0 Å². The van der Waals surface area contributed by atoms with E-state index in [2.05, 4.69) is 19.2 Å². The maximum Gasteiger partial charge on any atom is 0.220 e. The van der Waals surface area contributed by atoms with Crippen molar-refractivity contribution in [2.45, 2.75) is 238 Å². The molecule has 0 aliphatic carbocycles. The molecular formula is C39H79NO3. The quantitative estimate of drug-likeness (QED) is 0.0619.